The van der Waals surface area contributed by atoms with Gasteiger partial charge < -0.3 is 19.7 Å². The lowest BCUT2D eigenvalue weighted by Gasteiger charge is -2.35. The summed E-state index contributed by atoms with van der Waals surface area (Å²) >= 11 is 0. The van der Waals surface area contributed by atoms with Gasteiger partial charge in [0.2, 0.25) is 0 Å². The molecule has 3 rings (SSSR count). The number of hydrogen-bond donors (Lipinski definition) is 1. The van der Waals surface area contributed by atoms with Crippen LogP contribution >= 0.6 is 0 Å². The van der Waals surface area contributed by atoms with Gasteiger partial charge in [0, 0.05) is 18.3 Å². The van der Waals surface area contributed by atoms with Crippen LogP contribution in [0.15, 0.2) is 48.5 Å². The number of benzene rings is 2. The van der Waals surface area contributed by atoms with Crippen LogP contribution in [0.3, 0.4) is 0 Å². The van der Waals surface area contributed by atoms with Gasteiger partial charge in [0.15, 0.2) is 11.5 Å². The van der Waals surface area contributed by atoms with E-state index in [2.05, 4.69) is 59.6 Å². The van der Waals surface area contributed by atoms with E-state index >= 15 is 0 Å². The molecular formula is C23H32N2O2. The van der Waals surface area contributed by atoms with Crippen LogP contribution < -0.4 is 14.8 Å². The van der Waals surface area contributed by atoms with Crippen molar-refractivity contribution in [2.45, 2.75) is 32.2 Å². The molecule has 0 radical (unpaired) electrons. The quantitative estimate of drug-likeness (QED) is 0.746. The number of ether oxygens (including phenoxy) is 2. The van der Waals surface area contributed by atoms with Crippen molar-refractivity contribution in [1.82, 2.24) is 4.90 Å². The van der Waals surface area contributed by atoms with Gasteiger partial charge in [-0.05, 0) is 75.0 Å². The molecule has 0 aromatic heterocycles. The molecule has 2 aromatic rings. The summed E-state index contributed by atoms with van der Waals surface area (Å²) in [6, 6.07) is 17.3. The van der Waals surface area contributed by atoms with Gasteiger partial charge in [-0.25, -0.2) is 0 Å². The van der Waals surface area contributed by atoms with Crippen LogP contribution in [0.5, 0.6) is 11.5 Å². The minimum atomic E-state index is 0.514. The predicted molar refractivity (Wildman–Crippen MR) is 112 cm³/mol. The molecule has 0 saturated carbocycles. The van der Waals surface area contributed by atoms with Gasteiger partial charge in [-0.15, -0.1) is 0 Å². The van der Waals surface area contributed by atoms with Gasteiger partial charge in [0.1, 0.15) is 0 Å². The fraction of sp³-hybridized carbons (Fsp3) is 0.478. The number of rotatable bonds is 8. The zero-order valence-corrected chi connectivity index (χ0v) is 16.8. The van der Waals surface area contributed by atoms with Crippen molar-refractivity contribution in [2.24, 2.45) is 5.92 Å². The first-order chi connectivity index (χ1) is 13.2. The first-order valence-corrected chi connectivity index (χ1v) is 9.94. The second-order valence-electron chi connectivity index (χ2n) is 7.42. The third-order valence-electron chi connectivity index (χ3n) is 5.67. The number of methoxy groups -OCH3 is 2. The molecule has 146 valence electrons. The molecule has 27 heavy (non-hydrogen) atoms. The minimum absolute atomic E-state index is 0.514. The largest absolute Gasteiger partial charge is 0.493 e. The topological polar surface area (TPSA) is 33.7 Å². The zero-order valence-electron chi connectivity index (χ0n) is 16.8. The highest BCUT2D eigenvalue weighted by Crippen LogP contribution is 2.28. The molecule has 1 aliphatic rings. The summed E-state index contributed by atoms with van der Waals surface area (Å²) in [5.41, 5.74) is 2.52. The number of nitrogens with one attached hydrogen (secondary N) is 1. The van der Waals surface area contributed by atoms with Crippen molar-refractivity contribution in [1.29, 1.82) is 0 Å². The van der Waals surface area contributed by atoms with Crippen LogP contribution in [-0.2, 0) is 6.42 Å². The highest BCUT2D eigenvalue weighted by Gasteiger charge is 2.23. The SMILES string of the molecule is COc1ccc(CCN2CCC(C(C)Nc3ccccc3)CC2)cc1OC. The number of hydrogen-bond acceptors (Lipinski definition) is 4. The highest BCUT2D eigenvalue weighted by molar-refractivity contribution is 5.44. The summed E-state index contributed by atoms with van der Waals surface area (Å²) in [6.07, 6.45) is 3.56. The van der Waals surface area contributed by atoms with Crippen LogP contribution in [-0.4, -0.2) is 44.8 Å². The Morgan fingerprint density at radius 2 is 1.70 bits per heavy atom. The number of nitrogens with zero attached hydrogens (tertiary/aromatic N) is 1. The smallest absolute Gasteiger partial charge is 0.160 e. The molecule has 1 aliphatic heterocycles. The highest BCUT2D eigenvalue weighted by atomic mass is 16.5. The molecule has 0 aliphatic carbocycles. The van der Waals surface area contributed by atoms with Gasteiger partial charge in [-0.1, -0.05) is 24.3 Å². The van der Waals surface area contributed by atoms with Crippen molar-refractivity contribution in [3.05, 3.63) is 54.1 Å². The van der Waals surface area contributed by atoms with Crippen LogP contribution in [0.2, 0.25) is 0 Å². The van der Waals surface area contributed by atoms with Crippen LogP contribution in [0, 0.1) is 5.92 Å². The Bertz CT molecular complexity index is 697. The summed E-state index contributed by atoms with van der Waals surface area (Å²) in [6.45, 7) is 5.77. The molecule has 0 bridgehead atoms. The van der Waals surface area contributed by atoms with E-state index < -0.39 is 0 Å². The molecule has 0 spiro atoms. The third-order valence-corrected chi connectivity index (χ3v) is 5.67. The van der Waals surface area contributed by atoms with Gasteiger partial charge in [-0.2, -0.15) is 0 Å². The summed E-state index contributed by atoms with van der Waals surface area (Å²) < 4.78 is 10.7. The molecule has 1 unspecified atom stereocenters. The Hall–Kier alpha value is -2.20. The summed E-state index contributed by atoms with van der Waals surface area (Å²) in [5.74, 6) is 2.35. The Labute approximate surface area is 163 Å². The molecule has 1 heterocycles. The fourth-order valence-electron chi connectivity index (χ4n) is 3.92. The maximum Gasteiger partial charge on any atom is 0.160 e. The fourth-order valence-corrected chi connectivity index (χ4v) is 3.92. The molecule has 4 nitrogen and oxygen atoms in total. The van der Waals surface area contributed by atoms with E-state index in [-0.39, 0.29) is 0 Å². The zero-order chi connectivity index (χ0) is 19.1. The number of piperidine rings is 1. The lowest BCUT2D eigenvalue weighted by Crippen LogP contribution is -2.40. The normalized spacial score (nSPS) is 16.7. The molecule has 4 heteroatoms. The maximum absolute atomic E-state index is 5.41. The van der Waals surface area contributed by atoms with Gasteiger partial charge in [0.25, 0.3) is 0 Å². The maximum atomic E-state index is 5.41. The average molecular weight is 369 g/mol. The van der Waals surface area contributed by atoms with Crippen LogP contribution in [0.25, 0.3) is 0 Å². The van der Waals surface area contributed by atoms with E-state index in [9.17, 15) is 0 Å². The van der Waals surface area contributed by atoms with Crippen molar-refractivity contribution >= 4 is 5.69 Å². The summed E-state index contributed by atoms with van der Waals surface area (Å²) in [7, 11) is 3.37. The first-order valence-electron chi connectivity index (χ1n) is 9.94. The lowest BCUT2D eigenvalue weighted by molar-refractivity contribution is 0.177. The Balaban J connectivity index is 1.44. The Morgan fingerprint density at radius 1 is 1.00 bits per heavy atom. The van der Waals surface area contributed by atoms with Crippen molar-refractivity contribution in [2.75, 3.05) is 39.2 Å². The van der Waals surface area contributed by atoms with Gasteiger partial charge in [-0.3, -0.25) is 0 Å². The number of para-hydroxylation sites is 1. The monoisotopic (exact) mass is 368 g/mol. The van der Waals surface area contributed by atoms with E-state index in [1.807, 2.05) is 6.07 Å². The van der Waals surface area contributed by atoms with E-state index in [0.717, 1.165) is 30.4 Å². The number of anilines is 1. The predicted octanol–water partition coefficient (Wildman–Crippen LogP) is 4.46. The van der Waals surface area contributed by atoms with Crippen molar-refractivity contribution in [3.8, 4) is 11.5 Å². The third kappa shape index (κ3) is 5.39. The Morgan fingerprint density at radius 3 is 2.37 bits per heavy atom. The molecular weight excluding hydrogens is 336 g/mol. The second-order valence-corrected chi connectivity index (χ2v) is 7.42. The summed E-state index contributed by atoms with van der Waals surface area (Å²) in [4.78, 5) is 2.59. The van der Waals surface area contributed by atoms with Crippen LogP contribution in [0.4, 0.5) is 5.69 Å². The van der Waals surface area contributed by atoms with E-state index in [4.69, 9.17) is 9.47 Å². The van der Waals surface area contributed by atoms with E-state index in [0.29, 0.717) is 6.04 Å². The molecule has 1 atom stereocenters. The minimum Gasteiger partial charge on any atom is -0.493 e. The van der Waals surface area contributed by atoms with Crippen LogP contribution in [0.1, 0.15) is 25.3 Å². The molecule has 0 amide bonds. The molecule has 1 fully saturated rings. The van der Waals surface area contributed by atoms with Crippen molar-refractivity contribution in [3.63, 3.8) is 0 Å². The van der Waals surface area contributed by atoms with E-state index in [1.165, 1.54) is 37.2 Å². The lowest BCUT2D eigenvalue weighted by atomic mass is 9.90. The van der Waals surface area contributed by atoms with Gasteiger partial charge >= 0.3 is 0 Å². The first kappa shape index (κ1) is 19.6. The van der Waals surface area contributed by atoms with Crippen molar-refractivity contribution < 1.29 is 9.47 Å². The average Bonchev–Trinajstić information content (AvgIpc) is 2.73. The van der Waals surface area contributed by atoms with Gasteiger partial charge in [0.05, 0.1) is 14.2 Å². The standard InChI is InChI=1S/C23H32N2O2/c1-18(24-21-7-5-4-6-8-21)20-12-15-25(16-13-20)14-11-19-9-10-22(26-2)23(17-19)27-3/h4-10,17-18,20,24H,11-16H2,1-3H3. The second kappa shape index (κ2) is 9.65. The molecule has 1 N–H and O–H groups in total. The van der Waals surface area contributed by atoms with E-state index in [1.54, 1.807) is 14.2 Å². The molecule has 2 aromatic carbocycles. The Kier molecular flexibility index (Phi) is 6.99. The summed E-state index contributed by atoms with van der Waals surface area (Å²) in [5, 5.41) is 3.66. The number of likely N-dealkylation sites (tertiary alicyclic amines) is 1. The molecule has 1 saturated heterocycles.